The van der Waals surface area contributed by atoms with Gasteiger partial charge in [0.05, 0.1) is 41.1 Å². The first-order valence-electron chi connectivity index (χ1n) is 17.6. The molecule has 1 N–H and O–H groups in total. The molecule has 2 aromatic carbocycles. The van der Waals surface area contributed by atoms with Gasteiger partial charge >= 0.3 is 0 Å². The SMILES string of the molecule is C/C(=C1/SC(=O)NC1=O)c1cccc(-c2cncc(N3CCCN(C)CC3)n2)c1.CC(=O)c1cccc(-c2cncc(N3CCCN(C)CC3)n2)c1. The van der Waals surface area contributed by atoms with Crippen molar-refractivity contribution < 1.29 is 14.4 Å². The summed E-state index contributed by atoms with van der Waals surface area (Å²) in [5, 5.41) is 1.98. The van der Waals surface area contributed by atoms with Gasteiger partial charge in [0, 0.05) is 56.0 Å². The molecule has 3 fully saturated rings. The van der Waals surface area contributed by atoms with Crippen molar-refractivity contribution >= 4 is 45.9 Å². The number of rotatable bonds is 6. The third kappa shape index (κ3) is 9.27. The van der Waals surface area contributed by atoms with Gasteiger partial charge in [0.1, 0.15) is 11.6 Å². The number of carbonyl (C=O) groups is 3. The number of hydrogen-bond acceptors (Lipinski definition) is 12. The first-order valence-corrected chi connectivity index (χ1v) is 18.4. The molecular formula is C39H45N9O3S. The topological polar surface area (TPSA) is 128 Å². The lowest BCUT2D eigenvalue weighted by atomic mass is 10.0. The summed E-state index contributed by atoms with van der Waals surface area (Å²) in [7, 11) is 4.29. The van der Waals surface area contributed by atoms with E-state index in [1.807, 2.05) is 67.8 Å². The van der Waals surface area contributed by atoms with Crippen LogP contribution >= 0.6 is 11.8 Å². The van der Waals surface area contributed by atoms with Crippen molar-refractivity contribution in [3.63, 3.8) is 0 Å². The molecule has 270 valence electrons. The number of anilines is 2. The first-order chi connectivity index (χ1) is 25.1. The summed E-state index contributed by atoms with van der Waals surface area (Å²) in [4.78, 5) is 63.1. The number of likely N-dealkylation sites (N-methyl/N-ethyl adjacent to an activating group) is 2. The third-order valence-corrected chi connectivity index (χ3v) is 10.4. The van der Waals surface area contributed by atoms with E-state index in [9.17, 15) is 14.4 Å². The molecule has 7 rings (SSSR count). The van der Waals surface area contributed by atoms with Gasteiger partial charge in [-0.25, -0.2) is 9.97 Å². The molecule has 0 atom stereocenters. The Morgan fingerprint density at radius 2 is 1.19 bits per heavy atom. The zero-order chi connectivity index (χ0) is 36.6. The van der Waals surface area contributed by atoms with Gasteiger partial charge in [0.15, 0.2) is 5.78 Å². The molecule has 3 aliphatic heterocycles. The van der Waals surface area contributed by atoms with Gasteiger partial charge in [-0.15, -0.1) is 0 Å². The van der Waals surface area contributed by atoms with E-state index >= 15 is 0 Å². The zero-order valence-electron chi connectivity index (χ0n) is 30.2. The summed E-state index contributed by atoms with van der Waals surface area (Å²) in [6.45, 7) is 11.5. The van der Waals surface area contributed by atoms with Gasteiger partial charge in [-0.05, 0) is 88.9 Å². The van der Waals surface area contributed by atoms with Gasteiger partial charge in [-0.3, -0.25) is 29.7 Å². The van der Waals surface area contributed by atoms with Crippen molar-refractivity contribution in [2.75, 3.05) is 76.3 Å². The fourth-order valence-corrected chi connectivity index (χ4v) is 7.09. The lowest BCUT2D eigenvalue weighted by Crippen LogP contribution is -2.29. The molecule has 13 heteroatoms. The summed E-state index contributed by atoms with van der Waals surface area (Å²) in [6, 6.07) is 15.4. The number of aromatic nitrogens is 4. The summed E-state index contributed by atoms with van der Waals surface area (Å²) in [5.74, 6) is 1.52. The van der Waals surface area contributed by atoms with E-state index in [-0.39, 0.29) is 16.9 Å². The fraction of sp³-hybridized carbons (Fsp3) is 0.359. The Kier molecular flexibility index (Phi) is 12.0. The number of ketones is 1. The molecule has 52 heavy (non-hydrogen) atoms. The maximum Gasteiger partial charge on any atom is 0.290 e. The Bertz CT molecular complexity index is 1970. The van der Waals surface area contributed by atoms with Crippen molar-refractivity contribution in [3.8, 4) is 22.5 Å². The molecule has 3 aliphatic rings. The van der Waals surface area contributed by atoms with Gasteiger partial charge in [-0.1, -0.05) is 36.4 Å². The molecule has 3 saturated heterocycles. The molecule has 0 unspecified atom stereocenters. The van der Waals surface area contributed by atoms with Gasteiger partial charge < -0.3 is 19.6 Å². The highest BCUT2D eigenvalue weighted by atomic mass is 32.2. The number of carbonyl (C=O) groups excluding carboxylic acids is 3. The molecule has 0 saturated carbocycles. The highest BCUT2D eigenvalue weighted by Crippen LogP contribution is 2.33. The van der Waals surface area contributed by atoms with E-state index in [4.69, 9.17) is 9.97 Å². The van der Waals surface area contributed by atoms with Gasteiger partial charge in [0.25, 0.3) is 11.1 Å². The zero-order valence-corrected chi connectivity index (χ0v) is 31.0. The monoisotopic (exact) mass is 719 g/mol. The van der Waals surface area contributed by atoms with E-state index in [0.29, 0.717) is 10.5 Å². The van der Waals surface area contributed by atoms with Crippen molar-refractivity contribution in [2.45, 2.75) is 26.7 Å². The van der Waals surface area contributed by atoms with Crippen LogP contribution in [0.25, 0.3) is 28.1 Å². The highest BCUT2D eigenvalue weighted by molar-refractivity contribution is 8.18. The van der Waals surface area contributed by atoms with Crippen molar-refractivity contribution in [2.24, 2.45) is 0 Å². The molecule has 0 bridgehead atoms. The summed E-state index contributed by atoms with van der Waals surface area (Å²) in [6.07, 6.45) is 9.38. The van der Waals surface area contributed by atoms with Gasteiger partial charge in [0.2, 0.25) is 0 Å². The lowest BCUT2D eigenvalue weighted by molar-refractivity contribution is -0.115. The van der Waals surface area contributed by atoms with Crippen LogP contribution in [0.5, 0.6) is 0 Å². The van der Waals surface area contributed by atoms with E-state index < -0.39 is 0 Å². The van der Waals surface area contributed by atoms with E-state index in [2.05, 4.69) is 49.0 Å². The second kappa shape index (κ2) is 17.0. The quantitative estimate of drug-likeness (QED) is 0.200. The summed E-state index contributed by atoms with van der Waals surface area (Å²) < 4.78 is 0. The van der Waals surface area contributed by atoms with Crippen molar-refractivity contribution in [3.05, 3.63) is 89.4 Å². The van der Waals surface area contributed by atoms with Crippen LogP contribution in [0, 0.1) is 0 Å². The smallest absolute Gasteiger partial charge is 0.290 e. The molecule has 2 aromatic heterocycles. The minimum atomic E-state index is -0.337. The molecule has 0 spiro atoms. The van der Waals surface area contributed by atoms with Crippen LogP contribution in [-0.4, -0.2) is 113 Å². The molecule has 0 aliphatic carbocycles. The van der Waals surface area contributed by atoms with Crippen LogP contribution in [0.4, 0.5) is 16.4 Å². The number of nitrogens with one attached hydrogen (secondary N) is 1. The average Bonchev–Trinajstić information content (AvgIpc) is 3.30. The molecule has 5 heterocycles. The number of Topliss-reactive ketones (excluding diaryl/α,β-unsaturated/α-hetero) is 1. The molecular weight excluding hydrogens is 675 g/mol. The number of imide groups is 1. The van der Waals surface area contributed by atoms with Crippen LogP contribution < -0.4 is 15.1 Å². The van der Waals surface area contributed by atoms with Crippen LogP contribution in [0.2, 0.25) is 0 Å². The molecule has 2 amide bonds. The van der Waals surface area contributed by atoms with E-state index in [1.165, 1.54) is 0 Å². The molecule has 0 radical (unpaired) electrons. The number of amides is 2. The van der Waals surface area contributed by atoms with Gasteiger partial charge in [-0.2, -0.15) is 0 Å². The summed E-state index contributed by atoms with van der Waals surface area (Å²) >= 11 is 0.943. The summed E-state index contributed by atoms with van der Waals surface area (Å²) in [5.41, 5.74) is 5.82. The minimum absolute atomic E-state index is 0.0616. The van der Waals surface area contributed by atoms with E-state index in [1.54, 1.807) is 19.3 Å². The number of thioether (sulfide) groups is 1. The Morgan fingerprint density at radius 1 is 0.673 bits per heavy atom. The second-order valence-electron chi connectivity index (χ2n) is 13.3. The first kappa shape index (κ1) is 36.8. The Labute approximate surface area is 309 Å². The van der Waals surface area contributed by atoms with E-state index in [0.717, 1.165) is 122 Å². The largest absolute Gasteiger partial charge is 0.354 e. The van der Waals surface area contributed by atoms with Crippen LogP contribution in [0.3, 0.4) is 0 Å². The Hall–Kier alpha value is -4.98. The number of hydrogen-bond donors (Lipinski definition) is 1. The second-order valence-corrected chi connectivity index (χ2v) is 14.3. The predicted molar refractivity (Wildman–Crippen MR) is 207 cm³/mol. The lowest BCUT2D eigenvalue weighted by Gasteiger charge is -2.21. The normalized spacial score (nSPS) is 18.2. The maximum atomic E-state index is 12.0. The Balaban J connectivity index is 0.000000183. The third-order valence-electron chi connectivity index (χ3n) is 9.44. The molecule has 12 nitrogen and oxygen atoms in total. The minimum Gasteiger partial charge on any atom is -0.354 e. The van der Waals surface area contributed by atoms with Crippen LogP contribution in [0.15, 0.2) is 78.2 Å². The predicted octanol–water partition coefficient (Wildman–Crippen LogP) is 5.49. The number of allylic oxidation sites excluding steroid dienone is 1. The number of nitrogens with zero attached hydrogens (tertiary/aromatic N) is 8. The molecule has 4 aromatic rings. The fourth-order valence-electron chi connectivity index (χ4n) is 6.35. The van der Waals surface area contributed by atoms with Crippen LogP contribution in [-0.2, 0) is 4.79 Å². The Morgan fingerprint density at radius 3 is 1.69 bits per heavy atom. The van der Waals surface area contributed by atoms with Crippen LogP contribution in [0.1, 0.15) is 42.6 Å². The highest BCUT2D eigenvalue weighted by Gasteiger charge is 2.27. The van der Waals surface area contributed by atoms with Crippen molar-refractivity contribution in [1.82, 2.24) is 35.1 Å². The number of benzene rings is 2. The maximum absolute atomic E-state index is 12.0. The van der Waals surface area contributed by atoms with Crippen molar-refractivity contribution in [1.29, 1.82) is 0 Å². The average molecular weight is 720 g/mol. The standard InChI is InChI=1S/C21H23N5O2S.C18H22N4O/c1-14(19-20(27)24-21(28)29-19)15-5-3-6-16(11-15)17-12-22-13-18(23-17)26-8-4-7-25(2)9-10-26;1-14(23)15-5-3-6-16(11-15)17-12-19-13-18(20-17)22-8-4-7-21(2)9-10-22/h3,5-6,11-13H,4,7-10H2,1-2H3,(H,24,27,28);3,5-6,11-13H,4,7-10H2,1-2H3/b19-14-;.